The van der Waals surface area contributed by atoms with Crippen LogP contribution >= 0.6 is 15.9 Å². The zero-order valence-electron chi connectivity index (χ0n) is 20.5. The van der Waals surface area contributed by atoms with Crippen molar-refractivity contribution in [2.24, 2.45) is 0 Å². The predicted molar refractivity (Wildman–Crippen MR) is 144 cm³/mol. The number of para-hydroxylation sites is 2. The van der Waals surface area contributed by atoms with Gasteiger partial charge in [0, 0.05) is 66.5 Å². The Morgan fingerprint density at radius 3 is 2.69 bits per heavy atom. The molecular formula is C28H32BrN5O2. The Bertz CT molecular complexity index is 1230. The molecule has 1 fully saturated rings. The third-order valence-electron chi connectivity index (χ3n) is 7.64. The van der Waals surface area contributed by atoms with Crippen LogP contribution in [0.4, 0.5) is 5.69 Å². The van der Waals surface area contributed by atoms with E-state index in [1.165, 1.54) is 16.8 Å². The Balaban J connectivity index is 1.07. The van der Waals surface area contributed by atoms with Crippen LogP contribution in [0, 0.1) is 0 Å². The zero-order chi connectivity index (χ0) is 24.5. The van der Waals surface area contributed by atoms with Gasteiger partial charge in [0.25, 0.3) is 5.91 Å². The van der Waals surface area contributed by atoms with Gasteiger partial charge in [0.05, 0.1) is 11.4 Å². The number of fused-ring (bicyclic) bond motifs is 2. The summed E-state index contributed by atoms with van der Waals surface area (Å²) >= 11 is 3.54. The maximum Gasteiger partial charge on any atom is 0.265 e. The van der Waals surface area contributed by atoms with E-state index < -0.39 is 0 Å². The number of rotatable bonds is 6. The van der Waals surface area contributed by atoms with Crippen LogP contribution in [0.1, 0.15) is 30.5 Å². The molecule has 1 N–H and O–H groups in total. The molecule has 0 atom stereocenters. The summed E-state index contributed by atoms with van der Waals surface area (Å²) < 4.78 is 8.97. The molecule has 3 aromatic rings. The summed E-state index contributed by atoms with van der Waals surface area (Å²) in [7, 11) is 0. The molecule has 6 rings (SSSR count). The molecule has 188 valence electrons. The van der Waals surface area contributed by atoms with Crippen molar-refractivity contribution >= 4 is 27.5 Å². The lowest BCUT2D eigenvalue weighted by molar-refractivity contribution is -0.122. The molecule has 1 aromatic heterocycles. The number of hydrogen-bond donors (Lipinski definition) is 1. The fourth-order valence-electron chi connectivity index (χ4n) is 5.81. The van der Waals surface area contributed by atoms with Crippen molar-refractivity contribution < 1.29 is 9.53 Å². The van der Waals surface area contributed by atoms with E-state index >= 15 is 0 Å². The third-order valence-corrected chi connectivity index (χ3v) is 8.16. The van der Waals surface area contributed by atoms with Crippen molar-refractivity contribution in [3.63, 3.8) is 0 Å². The molecule has 3 aliphatic heterocycles. The van der Waals surface area contributed by atoms with Crippen LogP contribution in [0.15, 0.2) is 53.0 Å². The molecule has 0 saturated carbocycles. The van der Waals surface area contributed by atoms with Crippen molar-refractivity contribution in [3.05, 3.63) is 64.3 Å². The molecule has 1 amide bonds. The summed E-state index contributed by atoms with van der Waals surface area (Å²) in [6, 6.07) is 16.6. The van der Waals surface area contributed by atoms with Crippen LogP contribution in [0.2, 0.25) is 0 Å². The predicted octanol–water partition coefficient (Wildman–Crippen LogP) is 4.24. The van der Waals surface area contributed by atoms with Gasteiger partial charge in [-0.1, -0.05) is 40.2 Å². The second-order valence-electron chi connectivity index (χ2n) is 9.88. The van der Waals surface area contributed by atoms with Gasteiger partial charge in [-0.15, -0.1) is 0 Å². The first-order valence-corrected chi connectivity index (χ1v) is 13.8. The van der Waals surface area contributed by atoms with Crippen molar-refractivity contribution in [1.29, 1.82) is 0 Å². The second-order valence-corrected chi connectivity index (χ2v) is 10.8. The Kier molecular flexibility index (Phi) is 6.82. The second kappa shape index (κ2) is 10.4. The summed E-state index contributed by atoms with van der Waals surface area (Å²) in [6.45, 7) is 6.07. The van der Waals surface area contributed by atoms with Crippen LogP contribution in [0.25, 0.3) is 11.3 Å². The van der Waals surface area contributed by atoms with E-state index in [-0.39, 0.29) is 18.6 Å². The van der Waals surface area contributed by atoms with Crippen molar-refractivity contribution in [2.75, 3.05) is 37.7 Å². The number of ether oxygens (including phenoxy) is 1. The average molecular weight is 551 g/mol. The summed E-state index contributed by atoms with van der Waals surface area (Å²) in [5.74, 6) is 0.895. The van der Waals surface area contributed by atoms with E-state index in [1.807, 2.05) is 29.2 Å². The molecule has 1 saturated heterocycles. The highest BCUT2D eigenvalue weighted by Crippen LogP contribution is 2.35. The maximum atomic E-state index is 12.7. The molecule has 0 aliphatic carbocycles. The number of aromatic nitrogens is 2. The fraction of sp³-hybridized carbons (Fsp3) is 0.429. The number of nitrogens with one attached hydrogen (secondary N) is 1. The number of anilines is 1. The van der Waals surface area contributed by atoms with Crippen LogP contribution in [0.3, 0.4) is 0 Å². The molecule has 2 aromatic carbocycles. The summed E-state index contributed by atoms with van der Waals surface area (Å²) in [4.78, 5) is 17.2. The lowest BCUT2D eigenvalue weighted by atomic mass is 10.0. The first kappa shape index (κ1) is 23.7. The number of aryl methyl sites for hydroxylation is 1. The SMILES string of the molecule is O=C1COc2ccccc2N1C1CCN(CCCn2nc(-c3ccc(Br)cc3)c3c2CCNC3)CC1. The van der Waals surface area contributed by atoms with Crippen LogP contribution in [0.5, 0.6) is 5.75 Å². The van der Waals surface area contributed by atoms with E-state index in [0.717, 1.165) is 86.6 Å². The quantitative estimate of drug-likeness (QED) is 0.498. The molecule has 36 heavy (non-hydrogen) atoms. The van der Waals surface area contributed by atoms with Crippen molar-refractivity contribution in [1.82, 2.24) is 20.0 Å². The Labute approximate surface area is 220 Å². The van der Waals surface area contributed by atoms with Gasteiger partial charge >= 0.3 is 0 Å². The largest absolute Gasteiger partial charge is 0.482 e. The minimum Gasteiger partial charge on any atom is -0.482 e. The number of carbonyl (C=O) groups excluding carboxylic acids is 1. The topological polar surface area (TPSA) is 62.6 Å². The van der Waals surface area contributed by atoms with Gasteiger partial charge in [-0.05, 0) is 50.1 Å². The Morgan fingerprint density at radius 1 is 1.06 bits per heavy atom. The van der Waals surface area contributed by atoms with E-state index in [9.17, 15) is 4.79 Å². The van der Waals surface area contributed by atoms with Crippen LogP contribution < -0.4 is 15.0 Å². The molecular weight excluding hydrogens is 518 g/mol. The lowest BCUT2D eigenvalue weighted by Crippen LogP contribution is -2.50. The maximum absolute atomic E-state index is 12.7. The highest BCUT2D eigenvalue weighted by Gasteiger charge is 2.33. The van der Waals surface area contributed by atoms with E-state index in [4.69, 9.17) is 9.84 Å². The van der Waals surface area contributed by atoms with Gasteiger partial charge in [-0.3, -0.25) is 9.48 Å². The van der Waals surface area contributed by atoms with Gasteiger partial charge in [0.1, 0.15) is 5.75 Å². The zero-order valence-corrected chi connectivity index (χ0v) is 22.0. The van der Waals surface area contributed by atoms with Gasteiger partial charge in [0.2, 0.25) is 0 Å². The number of benzene rings is 2. The average Bonchev–Trinajstić information content (AvgIpc) is 3.28. The van der Waals surface area contributed by atoms with Gasteiger partial charge in [-0.2, -0.15) is 5.10 Å². The molecule has 3 aliphatic rings. The first-order chi connectivity index (χ1) is 17.7. The minimum absolute atomic E-state index is 0.0756. The normalized spacial score (nSPS) is 18.6. The number of nitrogens with zero attached hydrogens (tertiary/aromatic N) is 4. The fourth-order valence-corrected chi connectivity index (χ4v) is 6.08. The summed E-state index contributed by atoms with van der Waals surface area (Å²) in [5.41, 5.74) is 5.95. The highest BCUT2D eigenvalue weighted by atomic mass is 79.9. The Hall–Kier alpha value is -2.68. The van der Waals surface area contributed by atoms with Crippen LogP contribution in [-0.2, 0) is 24.3 Å². The number of likely N-dealkylation sites (tertiary alicyclic amines) is 1. The molecule has 0 bridgehead atoms. The molecule has 4 heterocycles. The molecule has 0 radical (unpaired) electrons. The number of carbonyl (C=O) groups is 1. The molecule has 7 nitrogen and oxygen atoms in total. The number of hydrogen-bond acceptors (Lipinski definition) is 5. The third kappa shape index (κ3) is 4.69. The minimum atomic E-state index is 0.0756. The van der Waals surface area contributed by atoms with Gasteiger partial charge in [0.15, 0.2) is 6.61 Å². The number of halogens is 1. The smallest absolute Gasteiger partial charge is 0.265 e. The van der Waals surface area contributed by atoms with Gasteiger partial charge in [-0.25, -0.2) is 0 Å². The van der Waals surface area contributed by atoms with Gasteiger partial charge < -0.3 is 19.9 Å². The first-order valence-electron chi connectivity index (χ1n) is 13.0. The van der Waals surface area contributed by atoms with E-state index in [0.29, 0.717) is 0 Å². The van der Waals surface area contributed by atoms with E-state index in [1.54, 1.807) is 0 Å². The monoisotopic (exact) mass is 549 g/mol. The number of piperidine rings is 1. The molecule has 0 unspecified atom stereocenters. The van der Waals surface area contributed by atoms with Crippen LogP contribution in [-0.4, -0.2) is 59.4 Å². The summed E-state index contributed by atoms with van der Waals surface area (Å²) in [5, 5.41) is 8.58. The highest BCUT2D eigenvalue weighted by molar-refractivity contribution is 9.10. The van der Waals surface area contributed by atoms with Crippen molar-refractivity contribution in [2.45, 2.75) is 44.8 Å². The Morgan fingerprint density at radius 2 is 1.86 bits per heavy atom. The molecule has 0 spiro atoms. The van der Waals surface area contributed by atoms with Crippen molar-refractivity contribution in [3.8, 4) is 17.0 Å². The molecule has 8 heteroatoms. The lowest BCUT2D eigenvalue weighted by Gasteiger charge is -2.40. The summed E-state index contributed by atoms with van der Waals surface area (Å²) in [6.07, 6.45) is 4.10. The standard InChI is InChI=1S/C28H32BrN5O2/c29-21-8-6-20(7-9-21)28-23-18-30-13-10-24(23)33(31-28)15-3-14-32-16-11-22(12-17-32)34-25-4-1-2-5-26(25)36-19-27(34)35/h1-2,4-9,22,30H,3,10-19H2. The number of amides is 1. The van der Waals surface area contributed by atoms with E-state index in [2.05, 4.69) is 55.1 Å².